The smallest absolute Gasteiger partial charge is 0.240 e. The predicted molar refractivity (Wildman–Crippen MR) is 77.8 cm³/mol. The number of rotatable bonds is 8. The van der Waals surface area contributed by atoms with Crippen molar-refractivity contribution in [2.75, 3.05) is 18.4 Å². The Labute approximate surface area is 115 Å². The minimum atomic E-state index is -3.35. The molecule has 0 unspecified atom stereocenters. The molecule has 0 spiro atoms. The molecule has 1 aliphatic rings. The Bertz CT molecular complexity index is 493. The van der Waals surface area contributed by atoms with Crippen LogP contribution in [0.2, 0.25) is 0 Å². The molecule has 1 saturated carbocycles. The molecular formula is C14H22N2O2S. The highest BCUT2D eigenvalue weighted by molar-refractivity contribution is 7.89. The Morgan fingerprint density at radius 3 is 2.47 bits per heavy atom. The van der Waals surface area contributed by atoms with Gasteiger partial charge < -0.3 is 5.32 Å². The van der Waals surface area contributed by atoms with Gasteiger partial charge in [0, 0.05) is 18.8 Å². The summed E-state index contributed by atoms with van der Waals surface area (Å²) in [4.78, 5) is 0.334. The summed E-state index contributed by atoms with van der Waals surface area (Å²) < 4.78 is 26.7. The van der Waals surface area contributed by atoms with Gasteiger partial charge in [0.15, 0.2) is 0 Å². The first kappa shape index (κ1) is 14.3. The van der Waals surface area contributed by atoms with Crippen molar-refractivity contribution in [2.24, 2.45) is 5.92 Å². The third kappa shape index (κ3) is 4.51. The fourth-order valence-corrected chi connectivity index (χ4v) is 3.12. The second kappa shape index (κ2) is 6.39. The standard InChI is InChI=1S/C14H22N2O2S/c1-2-15-13-7-9-14(10-8-13)19(17,18)16-11-3-4-12-5-6-12/h7-10,12,15-16H,2-6,11H2,1H3. The summed E-state index contributed by atoms with van der Waals surface area (Å²) in [6.45, 7) is 3.37. The summed E-state index contributed by atoms with van der Waals surface area (Å²) in [5.74, 6) is 0.851. The van der Waals surface area contributed by atoms with Crippen LogP contribution in [0.5, 0.6) is 0 Å². The van der Waals surface area contributed by atoms with Crippen LogP contribution in [0, 0.1) is 5.92 Å². The maximum absolute atomic E-state index is 12.0. The summed E-state index contributed by atoms with van der Waals surface area (Å²) in [5.41, 5.74) is 0.940. The maximum Gasteiger partial charge on any atom is 0.240 e. The number of benzene rings is 1. The molecule has 1 aromatic rings. The van der Waals surface area contributed by atoms with E-state index in [1.807, 2.05) is 6.92 Å². The normalized spacial score (nSPS) is 15.4. The minimum Gasteiger partial charge on any atom is -0.385 e. The lowest BCUT2D eigenvalue weighted by Gasteiger charge is -2.08. The van der Waals surface area contributed by atoms with E-state index < -0.39 is 10.0 Å². The van der Waals surface area contributed by atoms with E-state index in [4.69, 9.17) is 0 Å². The van der Waals surface area contributed by atoms with Crippen molar-refractivity contribution in [3.8, 4) is 0 Å². The minimum absolute atomic E-state index is 0.334. The number of nitrogens with one attached hydrogen (secondary N) is 2. The highest BCUT2D eigenvalue weighted by Gasteiger charge is 2.20. The summed E-state index contributed by atoms with van der Waals surface area (Å²) in [7, 11) is -3.35. The van der Waals surface area contributed by atoms with E-state index in [0.29, 0.717) is 11.4 Å². The average Bonchev–Trinajstić information content (AvgIpc) is 3.20. The van der Waals surface area contributed by atoms with Crippen LogP contribution in [-0.2, 0) is 10.0 Å². The molecule has 2 rings (SSSR count). The Morgan fingerprint density at radius 2 is 1.89 bits per heavy atom. The molecule has 0 saturated heterocycles. The quantitative estimate of drug-likeness (QED) is 0.721. The van der Waals surface area contributed by atoms with E-state index in [1.54, 1.807) is 24.3 Å². The van der Waals surface area contributed by atoms with Crippen LogP contribution in [0.15, 0.2) is 29.2 Å². The average molecular weight is 282 g/mol. The molecule has 5 heteroatoms. The molecule has 2 N–H and O–H groups in total. The van der Waals surface area contributed by atoms with Gasteiger partial charge in [-0.3, -0.25) is 0 Å². The molecular weight excluding hydrogens is 260 g/mol. The highest BCUT2D eigenvalue weighted by atomic mass is 32.2. The van der Waals surface area contributed by atoms with Crippen LogP contribution >= 0.6 is 0 Å². The first-order chi connectivity index (χ1) is 9.12. The van der Waals surface area contributed by atoms with Gasteiger partial charge in [-0.15, -0.1) is 0 Å². The largest absolute Gasteiger partial charge is 0.385 e. The van der Waals surface area contributed by atoms with E-state index in [2.05, 4.69) is 10.0 Å². The molecule has 106 valence electrons. The molecule has 0 heterocycles. The summed E-state index contributed by atoms with van der Waals surface area (Å²) in [6, 6.07) is 6.87. The Balaban J connectivity index is 1.86. The number of sulfonamides is 1. The lowest BCUT2D eigenvalue weighted by atomic mass is 10.2. The maximum atomic E-state index is 12.0. The molecule has 0 aromatic heterocycles. The first-order valence-corrected chi connectivity index (χ1v) is 8.44. The molecule has 1 fully saturated rings. The summed E-state index contributed by atoms with van der Waals surface area (Å²) in [6.07, 6.45) is 4.71. The summed E-state index contributed by atoms with van der Waals surface area (Å²) in [5, 5.41) is 3.14. The number of anilines is 1. The zero-order valence-electron chi connectivity index (χ0n) is 11.4. The van der Waals surface area contributed by atoms with Gasteiger partial charge in [0.25, 0.3) is 0 Å². The van der Waals surface area contributed by atoms with Crippen molar-refractivity contribution in [1.82, 2.24) is 4.72 Å². The van der Waals surface area contributed by atoms with Crippen molar-refractivity contribution < 1.29 is 8.42 Å². The number of hydrogen-bond donors (Lipinski definition) is 2. The highest BCUT2D eigenvalue weighted by Crippen LogP contribution is 2.33. The predicted octanol–water partition coefficient (Wildman–Crippen LogP) is 2.59. The third-order valence-corrected chi connectivity index (χ3v) is 4.80. The Morgan fingerprint density at radius 1 is 1.21 bits per heavy atom. The molecule has 0 aliphatic heterocycles. The molecule has 19 heavy (non-hydrogen) atoms. The monoisotopic (exact) mass is 282 g/mol. The van der Waals surface area contributed by atoms with Gasteiger partial charge >= 0.3 is 0 Å². The molecule has 0 radical (unpaired) electrons. The zero-order valence-corrected chi connectivity index (χ0v) is 12.2. The molecule has 4 nitrogen and oxygen atoms in total. The SMILES string of the molecule is CCNc1ccc(S(=O)(=O)NCCCC2CC2)cc1. The van der Waals surface area contributed by atoms with Crippen molar-refractivity contribution in [3.63, 3.8) is 0 Å². The van der Waals surface area contributed by atoms with E-state index in [9.17, 15) is 8.42 Å². The van der Waals surface area contributed by atoms with Crippen molar-refractivity contribution in [2.45, 2.75) is 37.5 Å². The second-order valence-electron chi connectivity index (χ2n) is 5.04. The fraction of sp³-hybridized carbons (Fsp3) is 0.571. The van der Waals surface area contributed by atoms with Gasteiger partial charge in [-0.25, -0.2) is 13.1 Å². The van der Waals surface area contributed by atoms with Gasteiger partial charge in [-0.05, 0) is 49.9 Å². The van der Waals surface area contributed by atoms with Crippen LogP contribution in [0.4, 0.5) is 5.69 Å². The van der Waals surface area contributed by atoms with Crippen LogP contribution in [0.3, 0.4) is 0 Å². The fourth-order valence-electron chi connectivity index (χ4n) is 2.04. The number of hydrogen-bond acceptors (Lipinski definition) is 3. The van der Waals surface area contributed by atoms with Gasteiger partial charge in [-0.2, -0.15) is 0 Å². The molecule has 1 aliphatic carbocycles. The van der Waals surface area contributed by atoms with Gasteiger partial charge in [0.1, 0.15) is 0 Å². The first-order valence-electron chi connectivity index (χ1n) is 6.95. The Kier molecular flexibility index (Phi) is 4.82. The molecule has 0 atom stereocenters. The van der Waals surface area contributed by atoms with Gasteiger partial charge in [0.2, 0.25) is 10.0 Å². The van der Waals surface area contributed by atoms with E-state index >= 15 is 0 Å². The van der Waals surface area contributed by atoms with Crippen LogP contribution in [0.25, 0.3) is 0 Å². The van der Waals surface area contributed by atoms with Crippen LogP contribution < -0.4 is 10.0 Å². The zero-order chi connectivity index (χ0) is 13.7. The van der Waals surface area contributed by atoms with E-state index in [-0.39, 0.29) is 0 Å². The molecule has 1 aromatic carbocycles. The van der Waals surface area contributed by atoms with Crippen molar-refractivity contribution in [3.05, 3.63) is 24.3 Å². The van der Waals surface area contributed by atoms with Crippen molar-refractivity contribution in [1.29, 1.82) is 0 Å². The van der Waals surface area contributed by atoms with Crippen molar-refractivity contribution >= 4 is 15.7 Å². The van der Waals surface area contributed by atoms with E-state index in [0.717, 1.165) is 31.0 Å². The van der Waals surface area contributed by atoms with Crippen LogP contribution in [-0.4, -0.2) is 21.5 Å². The lowest BCUT2D eigenvalue weighted by molar-refractivity contribution is 0.572. The summed E-state index contributed by atoms with van der Waals surface area (Å²) >= 11 is 0. The van der Waals surface area contributed by atoms with E-state index in [1.165, 1.54) is 12.8 Å². The van der Waals surface area contributed by atoms with Crippen LogP contribution in [0.1, 0.15) is 32.6 Å². The second-order valence-corrected chi connectivity index (χ2v) is 6.81. The molecule has 0 bridgehead atoms. The lowest BCUT2D eigenvalue weighted by Crippen LogP contribution is -2.24. The van der Waals surface area contributed by atoms with Gasteiger partial charge in [-0.1, -0.05) is 12.8 Å². The molecule has 0 amide bonds. The Hall–Kier alpha value is -1.07. The van der Waals surface area contributed by atoms with Gasteiger partial charge in [0.05, 0.1) is 4.90 Å². The topological polar surface area (TPSA) is 58.2 Å². The third-order valence-electron chi connectivity index (χ3n) is 3.32.